The van der Waals surface area contributed by atoms with Crippen molar-refractivity contribution >= 4 is 33.1 Å². The lowest BCUT2D eigenvalue weighted by Gasteiger charge is -2.17. The number of aliphatic hydroxyl groups is 3. The molecule has 132 valence electrons. The summed E-state index contributed by atoms with van der Waals surface area (Å²) < 4.78 is 7.25. The molecule has 0 bridgehead atoms. The Morgan fingerprint density at radius 2 is 1.62 bits per heavy atom. The Hall–Kier alpha value is -2.65. The average Bonchev–Trinajstić information content (AvgIpc) is 3.19. The first kappa shape index (κ1) is 15.6. The van der Waals surface area contributed by atoms with Crippen LogP contribution in [0.1, 0.15) is 6.23 Å². The SMILES string of the molecule is OC[C@H]1O[C@@H](n2cnc3cc4nc5ccccc5nc4cc32)[C@H](O)[C@@H]1O. The molecule has 8 heteroatoms. The highest BCUT2D eigenvalue weighted by atomic mass is 16.6. The Labute approximate surface area is 147 Å². The third kappa shape index (κ3) is 2.20. The van der Waals surface area contributed by atoms with Gasteiger partial charge in [0.05, 0.1) is 46.0 Å². The number of hydrogen-bond donors (Lipinski definition) is 3. The van der Waals surface area contributed by atoms with Crippen LogP contribution in [-0.4, -0.2) is 59.8 Å². The molecule has 8 nitrogen and oxygen atoms in total. The minimum absolute atomic E-state index is 0.373. The van der Waals surface area contributed by atoms with Crippen LogP contribution in [0.4, 0.5) is 0 Å². The molecule has 1 aliphatic rings. The molecular weight excluding hydrogens is 336 g/mol. The monoisotopic (exact) mass is 352 g/mol. The summed E-state index contributed by atoms with van der Waals surface area (Å²) in [4.78, 5) is 13.6. The van der Waals surface area contributed by atoms with E-state index in [-0.39, 0.29) is 6.61 Å². The molecule has 1 aliphatic heterocycles. The summed E-state index contributed by atoms with van der Waals surface area (Å²) in [6.45, 7) is -0.373. The van der Waals surface area contributed by atoms with Crippen molar-refractivity contribution < 1.29 is 20.1 Å². The normalized spacial score (nSPS) is 26.3. The van der Waals surface area contributed by atoms with Gasteiger partial charge in [0.15, 0.2) is 6.23 Å². The summed E-state index contributed by atoms with van der Waals surface area (Å²) in [6, 6.07) is 11.3. The number of benzene rings is 2. The Kier molecular flexibility index (Phi) is 3.41. The van der Waals surface area contributed by atoms with Crippen LogP contribution in [-0.2, 0) is 4.74 Å². The van der Waals surface area contributed by atoms with Crippen LogP contribution in [0.15, 0.2) is 42.7 Å². The predicted molar refractivity (Wildman–Crippen MR) is 93.3 cm³/mol. The van der Waals surface area contributed by atoms with Gasteiger partial charge in [0, 0.05) is 0 Å². The summed E-state index contributed by atoms with van der Waals surface area (Å²) in [5.74, 6) is 0. The number of ether oxygens (including phenoxy) is 1. The zero-order chi connectivity index (χ0) is 17.8. The first-order chi connectivity index (χ1) is 12.7. The lowest BCUT2D eigenvalue weighted by atomic mass is 10.1. The Morgan fingerprint density at radius 1 is 0.923 bits per heavy atom. The number of fused-ring (bicyclic) bond motifs is 3. The maximum atomic E-state index is 10.3. The van der Waals surface area contributed by atoms with E-state index < -0.39 is 24.5 Å². The van der Waals surface area contributed by atoms with Crippen molar-refractivity contribution in [1.29, 1.82) is 0 Å². The molecule has 0 amide bonds. The second kappa shape index (κ2) is 5.68. The topological polar surface area (TPSA) is 114 Å². The quantitative estimate of drug-likeness (QED) is 0.456. The highest BCUT2D eigenvalue weighted by molar-refractivity contribution is 5.94. The lowest BCUT2D eigenvalue weighted by Crippen LogP contribution is -2.33. The second-order valence-corrected chi connectivity index (χ2v) is 6.42. The van der Waals surface area contributed by atoms with Crippen LogP contribution >= 0.6 is 0 Å². The van der Waals surface area contributed by atoms with Crippen molar-refractivity contribution in [2.45, 2.75) is 24.5 Å². The first-order valence-electron chi connectivity index (χ1n) is 8.31. The van der Waals surface area contributed by atoms with E-state index in [9.17, 15) is 15.3 Å². The molecule has 3 N–H and O–H groups in total. The minimum Gasteiger partial charge on any atom is -0.394 e. The molecule has 0 aliphatic carbocycles. The predicted octanol–water partition coefficient (Wildman–Crippen LogP) is 0.744. The van der Waals surface area contributed by atoms with Gasteiger partial charge in [-0.05, 0) is 24.3 Å². The number of para-hydroxylation sites is 2. The van der Waals surface area contributed by atoms with E-state index in [1.807, 2.05) is 36.4 Å². The minimum atomic E-state index is -1.16. The van der Waals surface area contributed by atoms with Crippen molar-refractivity contribution in [3.8, 4) is 0 Å². The molecule has 0 unspecified atom stereocenters. The third-order valence-corrected chi connectivity index (χ3v) is 4.83. The van der Waals surface area contributed by atoms with E-state index in [4.69, 9.17) is 4.74 Å². The van der Waals surface area contributed by atoms with Crippen LogP contribution in [0.3, 0.4) is 0 Å². The number of aliphatic hydroxyl groups excluding tert-OH is 3. The molecule has 0 spiro atoms. The highest BCUT2D eigenvalue weighted by Crippen LogP contribution is 2.32. The molecule has 0 saturated carbocycles. The van der Waals surface area contributed by atoms with Crippen molar-refractivity contribution in [3.05, 3.63) is 42.7 Å². The van der Waals surface area contributed by atoms with Gasteiger partial charge in [-0.3, -0.25) is 0 Å². The van der Waals surface area contributed by atoms with Crippen molar-refractivity contribution in [1.82, 2.24) is 19.5 Å². The summed E-state index contributed by atoms with van der Waals surface area (Å²) >= 11 is 0. The van der Waals surface area contributed by atoms with Crippen LogP contribution in [0, 0.1) is 0 Å². The zero-order valence-corrected chi connectivity index (χ0v) is 13.6. The Balaban J connectivity index is 1.68. The Morgan fingerprint density at radius 3 is 2.27 bits per heavy atom. The van der Waals surface area contributed by atoms with Gasteiger partial charge in [0.1, 0.15) is 18.3 Å². The molecule has 2 aromatic heterocycles. The standard InChI is InChI=1S/C18H16N4O4/c23-7-15-16(24)17(25)18(26-15)22-8-19-13-5-11-12(6-14(13)22)21-10-4-2-1-3-9(10)20-11/h1-6,8,15-18,23-25H,7H2/t15-,16-,17-,18-/m1/s1. The molecule has 1 saturated heterocycles. The van der Waals surface area contributed by atoms with Gasteiger partial charge in [-0.2, -0.15) is 0 Å². The van der Waals surface area contributed by atoms with Crippen molar-refractivity contribution in [3.63, 3.8) is 0 Å². The zero-order valence-electron chi connectivity index (χ0n) is 13.6. The smallest absolute Gasteiger partial charge is 0.164 e. The van der Waals surface area contributed by atoms with Crippen molar-refractivity contribution in [2.75, 3.05) is 6.61 Å². The van der Waals surface area contributed by atoms with E-state index in [0.717, 1.165) is 16.6 Å². The summed E-state index contributed by atoms with van der Waals surface area (Å²) in [6.07, 6.45) is -2.45. The van der Waals surface area contributed by atoms with Crippen LogP contribution < -0.4 is 0 Å². The van der Waals surface area contributed by atoms with E-state index in [2.05, 4.69) is 15.0 Å². The van der Waals surface area contributed by atoms with Crippen LogP contribution in [0.25, 0.3) is 33.1 Å². The van der Waals surface area contributed by atoms with E-state index in [0.29, 0.717) is 16.6 Å². The van der Waals surface area contributed by atoms with Crippen LogP contribution in [0.2, 0.25) is 0 Å². The van der Waals surface area contributed by atoms with Gasteiger partial charge in [0.2, 0.25) is 0 Å². The maximum Gasteiger partial charge on any atom is 0.164 e. The van der Waals surface area contributed by atoms with E-state index in [1.165, 1.54) is 0 Å². The number of rotatable bonds is 2. The summed E-state index contributed by atoms with van der Waals surface area (Å²) in [7, 11) is 0. The maximum absolute atomic E-state index is 10.3. The van der Waals surface area contributed by atoms with Crippen molar-refractivity contribution in [2.24, 2.45) is 0 Å². The number of nitrogens with zero attached hydrogens (tertiary/aromatic N) is 4. The second-order valence-electron chi connectivity index (χ2n) is 6.42. The van der Waals surface area contributed by atoms with Gasteiger partial charge in [-0.25, -0.2) is 15.0 Å². The highest BCUT2D eigenvalue weighted by Gasteiger charge is 2.43. The molecule has 3 heterocycles. The van der Waals surface area contributed by atoms with Gasteiger partial charge in [-0.15, -0.1) is 0 Å². The van der Waals surface area contributed by atoms with E-state index in [1.54, 1.807) is 10.9 Å². The number of hydrogen-bond acceptors (Lipinski definition) is 7. The van der Waals surface area contributed by atoms with Gasteiger partial charge < -0.3 is 24.6 Å². The fourth-order valence-corrected chi connectivity index (χ4v) is 3.46. The number of aromatic nitrogens is 4. The third-order valence-electron chi connectivity index (χ3n) is 4.83. The molecule has 1 fully saturated rings. The van der Waals surface area contributed by atoms with Gasteiger partial charge >= 0.3 is 0 Å². The van der Waals surface area contributed by atoms with E-state index >= 15 is 0 Å². The summed E-state index contributed by atoms with van der Waals surface area (Å²) in [5.41, 5.74) is 4.41. The van der Waals surface area contributed by atoms with Gasteiger partial charge in [0.25, 0.3) is 0 Å². The molecule has 4 aromatic rings. The number of imidazole rings is 1. The lowest BCUT2D eigenvalue weighted by molar-refractivity contribution is -0.0508. The fourth-order valence-electron chi connectivity index (χ4n) is 3.46. The molecule has 2 aromatic carbocycles. The summed E-state index contributed by atoms with van der Waals surface area (Å²) in [5, 5.41) is 29.6. The molecule has 4 atom stereocenters. The fraction of sp³-hybridized carbons (Fsp3) is 0.278. The molecule has 5 rings (SSSR count). The first-order valence-corrected chi connectivity index (χ1v) is 8.31. The van der Waals surface area contributed by atoms with Crippen LogP contribution in [0.5, 0.6) is 0 Å². The van der Waals surface area contributed by atoms with Gasteiger partial charge in [-0.1, -0.05) is 12.1 Å². The molecule has 26 heavy (non-hydrogen) atoms. The Bertz CT molecular complexity index is 1130. The molecular formula is C18H16N4O4. The largest absolute Gasteiger partial charge is 0.394 e. The average molecular weight is 352 g/mol. The molecule has 0 radical (unpaired) electrons.